The van der Waals surface area contributed by atoms with Gasteiger partial charge in [-0.2, -0.15) is 0 Å². The van der Waals surface area contributed by atoms with Crippen LogP contribution >= 0.6 is 0 Å². The summed E-state index contributed by atoms with van der Waals surface area (Å²) >= 11 is 0. The van der Waals surface area contributed by atoms with Crippen molar-refractivity contribution < 1.29 is 31.9 Å². The molecule has 2 N–H and O–H groups in total. The van der Waals surface area contributed by atoms with Gasteiger partial charge in [0.05, 0.1) is 22.5 Å². The van der Waals surface area contributed by atoms with Crippen molar-refractivity contribution in [3.05, 3.63) is 71.8 Å². The molecule has 7 atom stereocenters. The highest BCUT2D eigenvalue weighted by Gasteiger charge is 2.45. The minimum absolute atomic E-state index is 0.114. The van der Waals surface area contributed by atoms with E-state index >= 15 is 0 Å². The molecule has 0 aliphatic carbocycles. The largest absolute Gasteiger partial charge is 0.387 e. The van der Waals surface area contributed by atoms with Gasteiger partial charge in [-0.1, -0.05) is 60.7 Å². The molecule has 3 unspecified atom stereocenters. The summed E-state index contributed by atoms with van der Waals surface area (Å²) in [6.07, 6.45) is -5.64. The van der Waals surface area contributed by atoms with Crippen molar-refractivity contribution in [1.29, 1.82) is 0 Å². The lowest BCUT2D eigenvalue weighted by Crippen LogP contribution is -2.59. The monoisotopic (exact) mass is 376 g/mol. The van der Waals surface area contributed by atoms with E-state index in [0.29, 0.717) is 11.1 Å². The fraction of sp³-hybridized carbons (Fsp3) is 0.429. The van der Waals surface area contributed by atoms with Crippen molar-refractivity contribution in [3.8, 4) is 0 Å². The van der Waals surface area contributed by atoms with E-state index < -0.39 is 43.9 Å². The molecule has 0 aromatic heterocycles. The van der Waals surface area contributed by atoms with Gasteiger partial charge in [-0.05, 0) is 11.1 Å². The second-order valence-electron chi connectivity index (χ2n) is 6.25. The molecule has 1 aliphatic rings. The smallest absolute Gasteiger partial charge is 0.186 e. The zero-order valence-corrected chi connectivity index (χ0v) is 15.0. The number of ether oxygens (including phenoxy) is 4. The highest BCUT2D eigenvalue weighted by Crippen LogP contribution is 2.25. The van der Waals surface area contributed by atoms with Gasteiger partial charge in [0, 0.05) is 7.11 Å². The molecule has 1 fully saturated rings. The lowest BCUT2D eigenvalue weighted by atomic mass is 9.99. The summed E-state index contributed by atoms with van der Waals surface area (Å²) < 4.78 is 38.4. The molecule has 27 heavy (non-hydrogen) atoms. The molecule has 6 heteroatoms. The van der Waals surface area contributed by atoms with E-state index in [-0.39, 0.29) is 6.61 Å². The molecule has 2 aromatic rings. The summed E-state index contributed by atoms with van der Waals surface area (Å²) in [5.41, 5.74) is 1.28. The van der Waals surface area contributed by atoms with Gasteiger partial charge in [-0.25, -0.2) is 0 Å². The van der Waals surface area contributed by atoms with Crippen molar-refractivity contribution in [2.45, 2.75) is 43.9 Å². The first-order valence-corrected chi connectivity index (χ1v) is 8.77. The summed E-state index contributed by atoms with van der Waals surface area (Å²) in [5.74, 6) is 0. The van der Waals surface area contributed by atoms with Crippen LogP contribution in [0.4, 0.5) is 0 Å². The highest BCUT2D eigenvalue weighted by atomic mass is 16.7. The van der Waals surface area contributed by atoms with Gasteiger partial charge in [0.25, 0.3) is 0 Å². The molecule has 1 heterocycles. The SMILES string of the molecule is [2H]C(OC[C@H]1OC(OC)[C@@H](OC([2H])c2ccccc2)[C@@H](O)[C@@H]1O)c1ccccc1. The van der Waals surface area contributed by atoms with Crippen LogP contribution in [0.1, 0.15) is 13.9 Å². The summed E-state index contributed by atoms with van der Waals surface area (Å²) in [7, 11) is 1.39. The van der Waals surface area contributed by atoms with Crippen molar-refractivity contribution >= 4 is 0 Å². The normalized spacial score (nSPS) is 31.6. The van der Waals surface area contributed by atoms with Gasteiger partial charge in [-0.15, -0.1) is 0 Å². The fourth-order valence-corrected chi connectivity index (χ4v) is 2.84. The first-order valence-electron chi connectivity index (χ1n) is 9.92. The third-order valence-corrected chi connectivity index (χ3v) is 4.32. The maximum atomic E-state index is 10.6. The molecule has 6 nitrogen and oxygen atoms in total. The van der Waals surface area contributed by atoms with Crippen LogP contribution in [0.3, 0.4) is 0 Å². The Bertz CT molecular complexity index is 730. The van der Waals surface area contributed by atoms with Gasteiger partial charge in [0.2, 0.25) is 0 Å². The molecular weight excluding hydrogens is 348 g/mol. The van der Waals surface area contributed by atoms with Crippen molar-refractivity contribution in [3.63, 3.8) is 0 Å². The third-order valence-electron chi connectivity index (χ3n) is 4.32. The predicted molar refractivity (Wildman–Crippen MR) is 98.8 cm³/mol. The van der Waals surface area contributed by atoms with E-state index in [9.17, 15) is 10.2 Å². The number of hydrogen-bond donors (Lipinski definition) is 2. The maximum absolute atomic E-state index is 10.6. The van der Waals surface area contributed by atoms with Crippen LogP contribution in [-0.4, -0.2) is 54.6 Å². The van der Waals surface area contributed by atoms with E-state index in [0.717, 1.165) is 0 Å². The molecule has 3 rings (SSSR count). The summed E-state index contributed by atoms with van der Waals surface area (Å²) in [6.45, 7) is -2.14. The second-order valence-corrected chi connectivity index (χ2v) is 6.25. The molecule has 0 radical (unpaired) electrons. The van der Waals surface area contributed by atoms with E-state index in [1.54, 1.807) is 36.4 Å². The Morgan fingerprint density at radius 3 is 2.11 bits per heavy atom. The summed E-state index contributed by atoms with van der Waals surface area (Å²) in [6, 6.07) is 17.9. The van der Waals surface area contributed by atoms with Crippen LogP contribution in [0.2, 0.25) is 0 Å². The minimum atomic E-state index is -1.35. The molecule has 0 spiro atoms. The predicted octanol–water partition coefficient (Wildman–Crippen LogP) is 1.88. The molecule has 1 aliphatic heterocycles. The Balaban J connectivity index is 1.61. The lowest BCUT2D eigenvalue weighted by Gasteiger charge is -2.41. The van der Waals surface area contributed by atoms with Crippen LogP contribution < -0.4 is 0 Å². The third kappa shape index (κ3) is 5.35. The molecule has 0 bridgehead atoms. The standard InChI is InChI=1S/C21H26O6/c1-24-21-20(26-13-16-10-6-3-7-11-16)19(23)18(22)17(27-21)14-25-12-15-8-4-2-5-9-15/h2-11,17-23H,12-14H2,1H3/t17-,18-,19+,20+,21?/m1/s1/i12D,13D/t12?,13?,17-,18-,19+,20+,21?. The summed E-state index contributed by atoms with van der Waals surface area (Å²) in [5, 5.41) is 21.0. The molecular formula is C21H26O6. The van der Waals surface area contributed by atoms with Crippen LogP contribution in [0, 0.1) is 0 Å². The Morgan fingerprint density at radius 2 is 1.52 bits per heavy atom. The first-order chi connectivity index (χ1) is 14.0. The number of benzene rings is 2. The Labute approximate surface area is 162 Å². The fourth-order valence-electron chi connectivity index (χ4n) is 2.84. The number of methoxy groups -OCH3 is 1. The zero-order chi connectivity index (χ0) is 20.8. The Kier molecular flexibility index (Phi) is 6.37. The number of rotatable bonds is 8. The van der Waals surface area contributed by atoms with Crippen LogP contribution in [0.25, 0.3) is 0 Å². The van der Waals surface area contributed by atoms with E-state index in [2.05, 4.69) is 0 Å². The van der Waals surface area contributed by atoms with Gasteiger partial charge < -0.3 is 29.2 Å². The zero-order valence-electron chi connectivity index (χ0n) is 17.0. The van der Waals surface area contributed by atoms with Crippen molar-refractivity contribution in [2.75, 3.05) is 13.7 Å². The number of aliphatic hydroxyl groups excluding tert-OH is 2. The highest BCUT2D eigenvalue weighted by molar-refractivity contribution is 5.14. The molecule has 146 valence electrons. The van der Waals surface area contributed by atoms with E-state index in [1.807, 2.05) is 24.3 Å². The van der Waals surface area contributed by atoms with Crippen LogP contribution in [0.15, 0.2) is 60.7 Å². The van der Waals surface area contributed by atoms with Crippen molar-refractivity contribution in [2.24, 2.45) is 0 Å². The summed E-state index contributed by atoms with van der Waals surface area (Å²) in [4.78, 5) is 0. The molecule has 2 aromatic carbocycles. The van der Waals surface area contributed by atoms with Crippen molar-refractivity contribution in [1.82, 2.24) is 0 Å². The van der Waals surface area contributed by atoms with Gasteiger partial charge in [0.15, 0.2) is 6.29 Å². The molecule has 0 amide bonds. The quantitative estimate of drug-likeness (QED) is 0.733. The second kappa shape index (κ2) is 9.94. The van der Waals surface area contributed by atoms with E-state index in [1.165, 1.54) is 7.11 Å². The maximum Gasteiger partial charge on any atom is 0.186 e. The lowest BCUT2D eigenvalue weighted by molar-refractivity contribution is -0.307. The first kappa shape index (κ1) is 17.3. The van der Waals surface area contributed by atoms with Gasteiger partial charge in [0.1, 0.15) is 24.4 Å². The minimum Gasteiger partial charge on any atom is -0.387 e. The van der Waals surface area contributed by atoms with Gasteiger partial charge >= 0.3 is 0 Å². The average Bonchev–Trinajstić information content (AvgIpc) is 2.77. The Morgan fingerprint density at radius 1 is 0.926 bits per heavy atom. The molecule has 0 saturated carbocycles. The van der Waals surface area contributed by atoms with Crippen LogP contribution in [0.5, 0.6) is 0 Å². The van der Waals surface area contributed by atoms with Gasteiger partial charge in [-0.3, -0.25) is 0 Å². The topological polar surface area (TPSA) is 77.4 Å². The Hall–Kier alpha value is -1.80. The molecule has 1 saturated heterocycles. The van der Waals surface area contributed by atoms with Crippen LogP contribution in [-0.2, 0) is 32.1 Å². The van der Waals surface area contributed by atoms with E-state index in [4.69, 9.17) is 21.7 Å². The number of hydrogen-bond acceptors (Lipinski definition) is 6. The average molecular weight is 376 g/mol. The number of aliphatic hydroxyl groups is 2.